The molecule has 1 unspecified atom stereocenters. The molecule has 0 saturated carbocycles. The third kappa shape index (κ3) is 23.6. The molecule has 0 spiro atoms. The zero-order chi connectivity index (χ0) is 8.41. The molecule has 0 fully saturated rings. The predicted octanol–water partition coefficient (Wildman–Crippen LogP) is 2.63. The van der Waals surface area contributed by atoms with Gasteiger partial charge in [-0.1, -0.05) is 13.3 Å². The van der Waals surface area contributed by atoms with E-state index in [1.807, 2.05) is 6.92 Å². The molecule has 0 aliphatic rings. The number of aliphatic hydroxyl groups is 1. The molecule has 0 amide bonds. The van der Waals surface area contributed by atoms with Crippen molar-refractivity contribution in [2.24, 2.45) is 0 Å². The van der Waals surface area contributed by atoms with Crippen molar-refractivity contribution < 1.29 is 5.11 Å². The fourth-order valence-corrected chi connectivity index (χ4v) is 0.158. The Hall–Kier alpha value is 0.540. The number of halogens is 2. The van der Waals surface area contributed by atoms with Crippen LogP contribution in [-0.2, 0) is 0 Å². The number of hydrogen-bond acceptors (Lipinski definition) is 1. The lowest BCUT2D eigenvalue weighted by molar-refractivity contribution is 0.287. The first-order valence-electron chi connectivity index (χ1n) is 3.49. The van der Waals surface area contributed by atoms with Crippen LogP contribution in [0.4, 0.5) is 0 Å². The Balaban J connectivity index is 0. The van der Waals surface area contributed by atoms with E-state index >= 15 is 0 Å². The monoisotopic (exact) mass is 186 g/mol. The molecule has 0 heterocycles. The maximum Gasteiger partial charge on any atom is 0.0443 e. The highest BCUT2D eigenvalue weighted by molar-refractivity contribution is 6.27. The lowest BCUT2D eigenvalue weighted by Crippen LogP contribution is -1.87. The number of aliphatic hydroxyl groups excluding tert-OH is 1. The summed E-state index contributed by atoms with van der Waals surface area (Å²) in [6.45, 7) is 4.25. The molecule has 0 rings (SSSR count). The third-order valence-corrected chi connectivity index (χ3v) is 1.50. The van der Waals surface area contributed by atoms with Crippen molar-refractivity contribution in [3.63, 3.8) is 0 Å². The fraction of sp³-hybridized carbons (Fsp3) is 1.00. The van der Waals surface area contributed by atoms with Gasteiger partial charge in [0.05, 0.1) is 0 Å². The van der Waals surface area contributed by atoms with Crippen LogP contribution >= 0.6 is 23.2 Å². The van der Waals surface area contributed by atoms with Crippen molar-refractivity contribution in [1.82, 2.24) is 0 Å². The zero-order valence-electron chi connectivity index (χ0n) is 6.61. The first-order chi connectivity index (χ1) is 4.68. The lowest BCUT2D eigenvalue weighted by atomic mass is 10.4. The van der Waals surface area contributed by atoms with Gasteiger partial charge in [0.25, 0.3) is 0 Å². The average molecular weight is 187 g/mol. The molecule has 3 heteroatoms. The Bertz CT molecular complexity index is 46.9. The van der Waals surface area contributed by atoms with Gasteiger partial charge in [-0.15, -0.1) is 23.2 Å². The van der Waals surface area contributed by atoms with Crippen molar-refractivity contribution in [1.29, 1.82) is 0 Å². The number of hydrogen-bond donors (Lipinski definition) is 1. The van der Waals surface area contributed by atoms with Crippen LogP contribution in [0.25, 0.3) is 0 Å². The van der Waals surface area contributed by atoms with E-state index in [0.717, 1.165) is 12.8 Å². The summed E-state index contributed by atoms with van der Waals surface area (Å²) >= 11 is 10.5. The molecule has 0 aromatic heterocycles. The Morgan fingerprint density at radius 2 is 1.90 bits per heavy atom. The highest BCUT2D eigenvalue weighted by Gasteiger charge is 1.85. The van der Waals surface area contributed by atoms with Gasteiger partial charge in [-0.3, -0.25) is 0 Å². The molecule has 0 aliphatic carbocycles. The van der Waals surface area contributed by atoms with Crippen LogP contribution in [0, 0.1) is 0 Å². The average Bonchev–Trinajstić information content (AvgIpc) is 1.91. The van der Waals surface area contributed by atoms with Crippen LogP contribution in [-0.4, -0.2) is 23.0 Å². The summed E-state index contributed by atoms with van der Waals surface area (Å²) in [5.74, 6) is 0.543. The zero-order valence-corrected chi connectivity index (χ0v) is 8.12. The molecule has 1 nitrogen and oxygen atoms in total. The number of unbranched alkanes of at least 4 members (excludes halogenated alkanes) is 1. The highest BCUT2D eigenvalue weighted by Crippen LogP contribution is 1.93. The van der Waals surface area contributed by atoms with Crippen molar-refractivity contribution in [2.75, 3.05) is 12.5 Å². The lowest BCUT2D eigenvalue weighted by Gasteiger charge is -1.85. The van der Waals surface area contributed by atoms with Crippen molar-refractivity contribution in [2.45, 2.75) is 32.1 Å². The summed E-state index contributed by atoms with van der Waals surface area (Å²) in [7, 11) is 0. The van der Waals surface area contributed by atoms with E-state index in [4.69, 9.17) is 28.3 Å². The summed E-state index contributed by atoms with van der Waals surface area (Å²) in [6, 6.07) is 0. The minimum Gasteiger partial charge on any atom is -0.396 e. The smallest absolute Gasteiger partial charge is 0.0443 e. The van der Waals surface area contributed by atoms with E-state index < -0.39 is 0 Å². The Labute approximate surface area is 73.3 Å². The minimum atomic E-state index is 0.122. The summed E-state index contributed by atoms with van der Waals surface area (Å²) < 4.78 is 0. The van der Waals surface area contributed by atoms with E-state index in [-0.39, 0.29) is 5.38 Å². The summed E-state index contributed by atoms with van der Waals surface area (Å²) in [5, 5.41) is 8.19. The van der Waals surface area contributed by atoms with Gasteiger partial charge in [0, 0.05) is 17.9 Å². The van der Waals surface area contributed by atoms with Crippen LogP contribution in [0.3, 0.4) is 0 Å². The largest absolute Gasteiger partial charge is 0.396 e. The van der Waals surface area contributed by atoms with Gasteiger partial charge >= 0.3 is 0 Å². The van der Waals surface area contributed by atoms with Crippen molar-refractivity contribution >= 4 is 23.2 Å². The molecule has 0 saturated heterocycles. The summed E-state index contributed by atoms with van der Waals surface area (Å²) in [6.07, 6.45) is 2.04. The molecule has 1 N–H and O–H groups in total. The van der Waals surface area contributed by atoms with Crippen molar-refractivity contribution in [3.05, 3.63) is 0 Å². The van der Waals surface area contributed by atoms with Crippen LogP contribution in [0.1, 0.15) is 26.7 Å². The molecule has 10 heavy (non-hydrogen) atoms. The minimum absolute atomic E-state index is 0.122. The Kier molecular flexibility index (Phi) is 16.1. The summed E-state index contributed by atoms with van der Waals surface area (Å²) in [4.78, 5) is 0. The summed E-state index contributed by atoms with van der Waals surface area (Å²) in [5.41, 5.74) is 0. The van der Waals surface area contributed by atoms with Gasteiger partial charge < -0.3 is 5.11 Å². The first kappa shape index (κ1) is 13.2. The second kappa shape index (κ2) is 12.2. The first-order valence-corrected chi connectivity index (χ1v) is 4.47. The van der Waals surface area contributed by atoms with Gasteiger partial charge in [-0.2, -0.15) is 0 Å². The second-order valence-electron chi connectivity index (χ2n) is 2.01. The molecule has 0 aromatic rings. The van der Waals surface area contributed by atoms with Gasteiger partial charge in [0.15, 0.2) is 0 Å². The van der Waals surface area contributed by atoms with Crippen LogP contribution in [0.15, 0.2) is 0 Å². The fourth-order valence-electron chi connectivity index (χ4n) is 0.158. The maximum absolute atomic E-state index is 8.07. The molecule has 0 bridgehead atoms. The van der Waals surface area contributed by atoms with Crippen LogP contribution in [0.5, 0.6) is 0 Å². The maximum atomic E-state index is 8.07. The second-order valence-corrected chi connectivity index (χ2v) is 3.07. The van der Waals surface area contributed by atoms with Crippen molar-refractivity contribution in [3.8, 4) is 0 Å². The molecule has 0 aliphatic heterocycles. The molecule has 0 radical (unpaired) electrons. The molecule has 1 atom stereocenters. The van der Waals surface area contributed by atoms with Gasteiger partial charge in [-0.05, 0) is 13.3 Å². The third-order valence-electron chi connectivity index (χ3n) is 0.724. The quantitative estimate of drug-likeness (QED) is 0.673. The topological polar surface area (TPSA) is 20.2 Å². The van der Waals surface area contributed by atoms with E-state index in [1.54, 1.807) is 0 Å². The normalized spacial score (nSPS) is 11.7. The Morgan fingerprint density at radius 1 is 1.50 bits per heavy atom. The van der Waals surface area contributed by atoms with E-state index in [1.165, 1.54) is 0 Å². The molecule has 64 valence electrons. The van der Waals surface area contributed by atoms with E-state index in [0.29, 0.717) is 12.5 Å². The molecular weight excluding hydrogens is 171 g/mol. The SMILES string of the molecule is CC(Cl)CCl.CCCCO. The number of alkyl halides is 2. The number of rotatable bonds is 3. The molecule has 0 aromatic carbocycles. The van der Waals surface area contributed by atoms with Crippen LogP contribution < -0.4 is 0 Å². The van der Waals surface area contributed by atoms with Gasteiger partial charge in [0.2, 0.25) is 0 Å². The van der Waals surface area contributed by atoms with Gasteiger partial charge in [0.1, 0.15) is 0 Å². The predicted molar refractivity (Wildman–Crippen MR) is 48.0 cm³/mol. The standard InChI is InChI=1S/C4H10O.C3H6Cl2/c1-2-3-4-5;1-3(5)2-4/h5H,2-4H2,1H3;3H,2H2,1H3. The molecular formula is C7H16Cl2O. The Morgan fingerprint density at radius 3 is 1.90 bits per heavy atom. The van der Waals surface area contributed by atoms with Gasteiger partial charge in [-0.25, -0.2) is 0 Å². The highest BCUT2D eigenvalue weighted by atomic mass is 35.5. The van der Waals surface area contributed by atoms with E-state index in [9.17, 15) is 0 Å². The van der Waals surface area contributed by atoms with E-state index in [2.05, 4.69) is 6.92 Å². The van der Waals surface area contributed by atoms with Crippen LogP contribution in [0.2, 0.25) is 0 Å².